The monoisotopic (exact) mass is 284 g/mol. The fourth-order valence-corrected chi connectivity index (χ4v) is 1.88. The van der Waals surface area contributed by atoms with Crippen molar-refractivity contribution in [3.8, 4) is 0 Å². The van der Waals surface area contributed by atoms with E-state index in [1.165, 1.54) is 6.07 Å². The summed E-state index contributed by atoms with van der Waals surface area (Å²) in [7, 11) is 0. The van der Waals surface area contributed by atoms with Crippen LogP contribution in [0.3, 0.4) is 0 Å². The van der Waals surface area contributed by atoms with Crippen molar-refractivity contribution in [1.29, 1.82) is 0 Å². The Morgan fingerprint density at radius 3 is 2.63 bits per heavy atom. The number of nitrogens with zero attached hydrogens (tertiary/aromatic N) is 1. The molecule has 1 rings (SSSR count). The number of carboxylic acids is 1. The molecule has 1 aromatic rings. The summed E-state index contributed by atoms with van der Waals surface area (Å²) >= 11 is 5.83. The molecule has 0 aliphatic carbocycles. The number of carbonyl (C=O) groups is 2. The van der Waals surface area contributed by atoms with Gasteiger partial charge in [0.25, 0.3) is 5.91 Å². The Hall–Kier alpha value is -1.62. The molecule has 19 heavy (non-hydrogen) atoms. The van der Waals surface area contributed by atoms with Gasteiger partial charge in [-0.3, -0.25) is 4.79 Å². The lowest BCUT2D eigenvalue weighted by molar-refractivity contribution is -0.139. The van der Waals surface area contributed by atoms with E-state index in [9.17, 15) is 9.59 Å². The molecule has 5 nitrogen and oxygen atoms in total. The first-order valence-corrected chi connectivity index (χ1v) is 6.55. The first-order chi connectivity index (χ1) is 8.97. The van der Waals surface area contributed by atoms with E-state index in [-0.39, 0.29) is 5.15 Å². The van der Waals surface area contributed by atoms with Gasteiger partial charge < -0.3 is 10.4 Å². The number of rotatable bonds is 6. The Kier molecular flexibility index (Phi) is 5.76. The van der Waals surface area contributed by atoms with E-state index >= 15 is 0 Å². The van der Waals surface area contributed by atoms with Gasteiger partial charge in [0.1, 0.15) is 11.2 Å². The van der Waals surface area contributed by atoms with Crippen LogP contribution in [0.4, 0.5) is 0 Å². The van der Waals surface area contributed by atoms with E-state index in [1.54, 1.807) is 6.07 Å². The lowest BCUT2D eigenvalue weighted by atomic mass is 10.1. The number of halogens is 1. The van der Waals surface area contributed by atoms with Crippen LogP contribution in [-0.4, -0.2) is 28.0 Å². The Balaban J connectivity index is 2.87. The maximum absolute atomic E-state index is 12.0. The summed E-state index contributed by atoms with van der Waals surface area (Å²) in [6, 6.07) is 2.17. The molecule has 1 amide bonds. The number of carboxylic acid groups (broad SMARTS) is 1. The number of pyridine rings is 1. The van der Waals surface area contributed by atoms with Crippen LogP contribution in [0.15, 0.2) is 12.1 Å². The number of nitrogens with one attached hydrogen (secondary N) is 1. The second-order valence-electron chi connectivity index (χ2n) is 4.18. The summed E-state index contributed by atoms with van der Waals surface area (Å²) in [5.41, 5.74) is 1.03. The van der Waals surface area contributed by atoms with Crippen molar-refractivity contribution in [3.63, 3.8) is 0 Å². The average Bonchev–Trinajstić information content (AvgIpc) is 2.37. The summed E-state index contributed by atoms with van der Waals surface area (Å²) in [5, 5.41) is 11.7. The van der Waals surface area contributed by atoms with E-state index in [4.69, 9.17) is 16.7 Å². The summed E-state index contributed by atoms with van der Waals surface area (Å²) in [4.78, 5) is 27.0. The maximum atomic E-state index is 12.0. The first kappa shape index (κ1) is 15.4. The minimum atomic E-state index is -1.04. The van der Waals surface area contributed by atoms with Crippen molar-refractivity contribution in [2.45, 2.75) is 39.2 Å². The normalized spacial score (nSPS) is 11.9. The standard InChI is InChI=1S/C13H17ClN2O3/c1-3-5-10(13(18)19)16-12(17)8-6-9(4-2)15-11(14)7-8/h6-7,10H,3-5H2,1-2H3,(H,16,17)(H,18,19). The third-order valence-electron chi connectivity index (χ3n) is 2.65. The zero-order valence-electron chi connectivity index (χ0n) is 10.9. The molecular weight excluding hydrogens is 268 g/mol. The molecule has 0 saturated heterocycles. The maximum Gasteiger partial charge on any atom is 0.326 e. The zero-order chi connectivity index (χ0) is 14.4. The highest BCUT2D eigenvalue weighted by Crippen LogP contribution is 2.12. The topological polar surface area (TPSA) is 79.3 Å². The van der Waals surface area contributed by atoms with E-state index in [0.29, 0.717) is 30.5 Å². The first-order valence-electron chi connectivity index (χ1n) is 6.18. The molecule has 0 spiro atoms. The molecule has 1 unspecified atom stereocenters. The second-order valence-corrected chi connectivity index (χ2v) is 4.56. The average molecular weight is 285 g/mol. The van der Waals surface area contributed by atoms with Crippen molar-refractivity contribution in [2.24, 2.45) is 0 Å². The van der Waals surface area contributed by atoms with Crippen molar-refractivity contribution >= 4 is 23.5 Å². The Bertz CT molecular complexity index is 477. The van der Waals surface area contributed by atoms with Gasteiger partial charge in [0, 0.05) is 11.3 Å². The second kappa shape index (κ2) is 7.09. The van der Waals surface area contributed by atoms with Crippen LogP contribution in [-0.2, 0) is 11.2 Å². The van der Waals surface area contributed by atoms with Crippen LogP contribution >= 0.6 is 11.6 Å². The minimum absolute atomic E-state index is 0.229. The van der Waals surface area contributed by atoms with E-state index in [2.05, 4.69) is 10.3 Å². The van der Waals surface area contributed by atoms with Crippen molar-refractivity contribution in [1.82, 2.24) is 10.3 Å². The number of carbonyl (C=O) groups excluding carboxylic acids is 1. The molecule has 0 bridgehead atoms. The van der Waals surface area contributed by atoms with Gasteiger partial charge in [0.15, 0.2) is 0 Å². The molecule has 0 saturated carbocycles. The summed E-state index contributed by atoms with van der Waals surface area (Å²) in [5.74, 6) is -1.48. The SMILES string of the molecule is CCCC(NC(=O)c1cc(Cl)nc(CC)c1)C(=O)O. The predicted octanol–water partition coefficient (Wildman–Crippen LogP) is 2.28. The third kappa shape index (κ3) is 4.52. The highest BCUT2D eigenvalue weighted by Gasteiger charge is 2.20. The lowest BCUT2D eigenvalue weighted by Gasteiger charge is -2.13. The zero-order valence-corrected chi connectivity index (χ0v) is 11.7. The largest absolute Gasteiger partial charge is 0.480 e. The molecular formula is C13H17ClN2O3. The van der Waals surface area contributed by atoms with Gasteiger partial charge in [-0.15, -0.1) is 0 Å². The number of hydrogen-bond acceptors (Lipinski definition) is 3. The van der Waals surface area contributed by atoms with Crippen molar-refractivity contribution in [2.75, 3.05) is 0 Å². The number of aliphatic carboxylic acids is 1. The highest BCUT2D eigenvalue weighted by molar-refractivity contribution is 6.29. The van der Waals surface area contributed by atoms with Crippen LogP contribution in [0.5, 0.6) is 0 Å². The van der Waals surface area contributed by atoms with Gasteiger partial charge in [0.05, 0.1) is 0 Å². The van der Waals surface area contributed by atoms with Gasteiger partial charge in [-0.1, -0.05) is 31.9 Å². The molecule has 104 valence electrons. The van der Waals surface area contributed by atoms with Crippen LogP contribution < -0.4 is 5.32 Å². The van der Waals surface area contributed by atoms with Gasteiger partial charge in [-0.05, 0) is 25.0 Å². The molecule has 0 aromatic carbocycles. The minimum Gasteiger partial charge on any atom is -0.480 e. The van der Waals surface area contributed by atoms with E-state index < -0.39 is 17.9 Å². The summed E-state index contributed by atoms with van der Waals surface area (Å²) < 4.78 is 0. The number of aryl methyl sites for hydroxylation is 1. The van der Waals surface area contributed by atoms with Crippen LogP contribution in [0, 0.1) is 0 Å². The van der Waals surface area contributed by atoms with Crippen LogP contribution in [0.25, 0.3) is 0 Å². The lowest BCUT2D eigenvalue weighted by Crippen LogP contribution is -2.40. The van der Waals surface area contributed by atoms with Crippen LogP contribution in [0.2, 0.25) is 5.15 Å². The molecule has 0 fully saturated rings. The summed E-state index contributed by atoms with van der Waals surface area (Å²) in [6.07, 6.45) is 1.72. The number of hydrogen-bond donors (Lipinski definition) is 2. The Morgan fingerprint density at radius 1 is 1.42 bits per heavy atom. The number of amides is 1. The van der Waals surface area contributed by atoms with Crippen molar-refractivity contribution in [3.05, 3.63) is 28.5 Å². The quantitative estimate of drug-likeness (QED) is 0.786. The van der Waals surface area contributed by atoms with Gasteiger partial charge >= 0.3 is 5.97 Å². The molecule has 6 heteroatoms. The molecule has 1 atom stereocenters. The van der Waals surface area contributed by atoms with E-state index in [1.807, 2.05) is 13.8 Å². The molecule has 0 aliphatic rings. The molecule has 2 N–H and O–H groups in total. The fraction of sp³-hybridized carbons (Fsp3) is 0.462. The van der Waals surface area contributed by atoms with Gasteiger partial charge in [-0.2, -0.15) is 0 Å². The van der Waals surface area contributed by atoms with Crippen LogP contribution in [0.1, 0.15) is 42.7 Å². The smallest absolute Gasteiger partial charge is 0.326 e. The Labute approximate surface area is 117 Å². The van der Waals surface area contributed by atoms with E-state index in [0.717, 1.165) is 0 Å². The molecule has 1 heterocycles. The highest BCUT2D eigenvalue weighted by atomic mass is 35.5. The Morgan fingerprint density at radius 2 is 2.11 bits per heavy atom. The fourth-order valence-electron chi connectivity index (χ4n) is 1.65. The number of aromatic nitrogens is 1. The third-order valence-corrected chi connectivity index (χ3v) is 2.85. The predicted molar refractivity (Wildman–Crippen MR) is 72.4 cm³/mol. The van der Waals surface area contributed by atoms with Gasteiger partial charge in [0.2, 0.25) is 0 Å². The van der Waals surface area contributed by atoms with Crippen molar-refractivity contribution < 1.29 is 14.7 Å². The summed E-state index contributed by atoms with van der Waals surface area (Å²) in [6.45, 7) is 3.76. The molecule has 1 aromatic heterocycles. The van der Waals surface area contributed by atoms with Gasteiger partial charge in [-0.25, -0.2) is 9.78 Å². The molecule has 0 aliphatic heterocycles. The molecule has 0 radical (unpaired) electrons.